The number of carbonyl (C=O) groups is 1. The molecule has 2 aromatic carbocycles. The molecule has 0 radical (unpaired) electrons. The van der Waals surface area contributed by atoms with Gasteiger partial charge in [-0.1, -0.05) is 6.07 Å². The molecule has 0 heterocycles. The van der Waals surface area contributed by atoms with E-state index in [-0.39, 0.29) is 5.69 Å². The minimum absolute atomic E-state index is 0.156. The molecule has 0 saturated carbocycles. The smallest absolute Gasteiger partial charge is 0.298 e. The van der Waals surface area contributed by atoms with Crippen LogP contribution in [-0.4, -0.2) is 5.91 Å². The monoisotopic (exact) mass is 406 g/mol. The number of amides is 1. The first kappa shape index (κ1) is 15.6. The van der Waals surface area contributed by atoms with Crippen molar-refractivity contribution in [2.45, 2.75) is 6.18 Å². The number of alkyl halides is 3. The molecule has 0 aliphatic heterocycles. The van der Waals surface area contributed by atoms with Crippen LogP contribution >= 0.6 is 22.6 Å². The van der Waals surface area contributed by atoms with E-state index in [9.17, 15) is 18.0 Å². The molecule has 0 fully saturated rings. The number of rotatable bonds is 3. The van der Waals surface area contributed by atoms with Gasteiger partial charge in [-0.25, -0.2) is 0 Å². The molecule has 0 spiro atoms. The van der Waals surface area contributed by atoms with Gasteiger partial charge in [0.1, 0.15) is 0 Å². The molecule has 0 aliphatic carbocycles. The summed E-state index contributed by atoms with van der Waals surface area (Å²) < 4.78 is 38.6. The molecule has 21 heavy (non-hydrogen) atoms. The third-order valence-corrected chi connectivity index (χ3v) is 3.34. The molecule has 0 aromatic heterocycles. The van der Waals surface area contributed by atoms with Crippen LogP contribution in [0.25, 0.3) is 0 Å². The van der Waals surface area contributed by atoms with E-state index >= 15 is 0 Å². The maximum absolute atomic E-state index is 12.6. The van der Waals surface area contributed by atoms with Crippen LogP contribution in [-0.2, 0) is 6.18 Å². The van der Waals surface area contributed by atoms with Crippen molar-refractivity contribution in [3.8, 4) is 0 Å². The van der Waals surface area contributed by atoms with E-state index < -0.39 is 17.6 Å². The number of anilines is 1. The lowest BCUT2D eigenvalue weighted by Gasteiger charge is -2.11. The van der Waals surface area contributed by atoms with Crippen LogP contribution in [0.4, 0.5) is 18.9 Å². The van der Waals surface area contributed by atoms with Crippen LogP contribution in [0.15, 0.2) is 48.5 Å². The van der Waals surface area contributed by atoms with Gasteiger partial charge in [-0.15, -0.1) is 0 Å². The van der Waals surface area contributed by atoms with Crippen molar-refractivity contribution in [1.29, 1.82) is 0 Å². The predicted octanol–water partition coefficient (Wildman–Crippen LogP) is 4.07. The van der Waals surface area contributed by atoms with Gasteiger partial charge in [0, 0.05) is 9.13 Å². The second-order valence-corrected chi connectivity index (χ2v) is 5.41. The number of nitrogens with one attached hydrogen (secondary N) is 2. The molecule has 2 N–H and O–H groups in total. The first-order valence-electron chi connectivity index (χ1n) is 5.85. The summed E-state index contributed by atoms with van der Waals surface area (Å²) in [7, 11) is 0. The molecule has 0 aliphatic rings. The van der Waals surface area contributed by atoms with Crippen molar-refractivity contribution < 1.29 is 18.0 Å². The Labute approximate surface area is 132 Å². The Kier molecular flexibility index (Phi) is 4.71. The zero-order valence-corrected chi connectivity index (χ0v) is 12.7. The Morgan fingerprint density at radius 2 is 1.71 bits per heavy atom. The van der Waals surface area contributed by atoms with Gasteiger partial charge in [0.15, 0.2) is 0 Å². The zero-order valence-electron chi connectivity index (χ0n) is 10.5. The van der Waals surface area contributed by atoms with Crippen molar-refractivity contribution in [2.24, 2.45) is 0 Å². The molecule has 0 saturated heterocycles. The van der Waals surface area contributed by atoms with Crippen LogP contribution in [0.2, 0.25) is 0 Å². The van der Waals surface area contributed by atoms with Gasteiger partial charge in [0.25, 0.3) is 5.91 Å². The highest BCUT2D eigenvalue weighted by Crippen LogP contribution is 2.30. The van der Waals surface area contributed by atoms with E-state index in [2.05, 4.69) is 33.4 Å². The van der Waals surface area contributed by atoms with E-state index in [0.717, 1.165) is 15.7 Å². The van der Waals surface area contributed by atoms with E-state index in [1.807, 2.05) is 0 Å². The van der Waals surface area contributed by atoms with Crippen molar-refractivity contribution in [3.05, 3.63) is 63.2 Å². The second kappa shape index (κ2) is 6.33. The molecule has 7 heteroatoms. The Balaban J connectivity index is 2.03. The lowest BCUT2D eigenvalue weighted by atomic mass is 10.2. The fourth-order valence-corrected chi connectivity index (χ4v) is 1.94. The average Bonchev–Trinajstić information content (AvgIpc) is 2.45. The summed E-state index contributed by atoms with van der Waals surface area (Å²) in [5.41, 5.74) is 4.61. The summed E-state index contributed by atoms with van der Waals surface area (Å²) in [5.74, 6) is -0.427. The number of hydrogen-bond acceptors (Lipinski definition) is 2. The second-order valence-electron chi connectivity index (χ2n) is 4.16. The van der Waals surface area contributed by atoms with Crippen LogP contribution in [0.1, 0.15) is 15.9 Å². The first-order valence-corrected chi connectivity index (χ1v) is 6.93. The van der Waals surface area contributed by atoms with Crippen molar-refractivity contribution in [1.82, 2.24) is 5.43 Å². The molecule has 1 amide bonds. The SMILES string of the molecule is O=C(NNc1cccc(C(F)(F)F)c1)c1ccc(I)cc1. The molecule has 110 valence electrons. The lowest BCUT2D eigenvalue weighted by Crippen LogP contribution is -2.29. The van der Waals surface area contributed by atoms with Gasteiger partial charge in [-0.05, 0) is 65.1 Å². The number of carbonyl (C=O) groups excluding carboxylic acids is 1. The quantitative estimate of drug-likeness (QED) is 0.596. The molecule has 0 atom stereocenters. The van der Waals surface area contributed by atoms with Gasteiger partial charge < -0.3 is 0 Å². The predicted molar refractivity (Wildman–Crippen MR) is 81.7 cm³/mol. The highest BCUT2D eigenvalue weighted by atomic mass is 127. The number of benzene rings is 2. The highest BCUT2D eigenvalue weighted by molar-refractivity contribution is 14.1. The van der Waals surface area contributed by atoms with Crippen LogP contribution in [0.5, 0.6) is 0 Å². The normalized spacial score (nSPS) is 11.0. The summed E-state index contributed by atoms with van der Waals surface area (Å²) in [4.78, 5) is 11.8. The maximum Gasteiger partial charge on any atom is 0.416 e. The third-order valence-electron chi connectivity index (χ3n) is 2.62. The van der Waals surface area contributed by atoms with E-state index in [1.54, 1.807) is 24.3 Å². The zero-order chi connectivity index (χ0) is 15.5. The fraction of sp³-hybridized carbons (Fsp3) is 0.0714. The Bertz CT molecular complexity index is 641. The largest absolute Gasteiger partial charge is 0.416 e. The van der Waals surface area contributed by atoms with Crippen LogP contribution in [0.3, 0.4) is 0 Å². The topological polar surface area (TPSA) is 41.1 Å². The molecule has 3 nitrogen and oxygen atoms in total. The summed E-state index contributed by atoms with van der Waals surface area (Å²) in [6, 6.07) is 11.4. The molecule has 2 rings (SSSR count). The minimum Gasteiger partial charge on any atom is -0.298 e. The Morgan fingerprint density at radius 3 is 2.33 bits per heavy atom. The molecule has 0 bridgehead atoms. The number of hydrazine groups is 1. The maximum atomic E-state index is 12.6. The Hall–Kier alpha value is -1.77. The van der Waals surface area contributed by atoms with Crippen LogP contribution in [0, 0.1) is 3.57 Å². The molecular formula is C14H10F3IN2O. The van der Waals surface area contributed by atoms with E-state index in [4.69, 9.17) is 0 Å². The van der Waals surface area contributed by atoms with Crippen molar-refractivity contribution in [3.63, 3.8) is 0 Å². The molecule has 2 aromatic rings. The lowest BCUT2D eigenvalue weighted by molar-refractivity contribution is -0.137. The summed E-state index contributed by atoms with van der Waals surface area (Å²) in [5, 5.41) is 0. The van der Waals surface area contributed by atoms with Gasteiger partial charge in [-0.2, -0.15) is 13.2 Å². The summed E-state index contributed by atoms with van der Waals surface area (Å²) in [6.45, 7) is 0. The molecule has 0 unspecified atom stereocenters. The number of hydrogen-bond donors (Lipinski definition) is 2. The number of halogens is 4. The van der Waals surface area contributed by atoms with Gasteiger partial charge in [0.05, 0.1) is 11.3 Å². The van der Waals surface area contributed by atoms with Crippen LogP contribution < -0.4 is 10.9 Å². The van der Waals surface area contributed by atoms with E-state index in [0.29, 0.717) is 5.56 Å². The van der Waals surface area contributed by atoms with E-state index in [1.165, 1.54) is 12.1 Å². The minimum atomic E-state index is -4.42. The third kappa shape index (κ3) is 4.35. The average molecular weight is 406 g/mol. The van der Waals surface area contributed by atoms with Crippen molar-refractivity contribution in [2.75, 3.05) is 5.43 Å². The highest BCUT2D eigenvalue weighted by Gasteiger charge is 2.30. The fourth-order valence-electron chi connectivity index (χ4n) is 1.58. The van der Waals surface area contributed by atoms with Gasteiger partial charge >= 0.3 is 6.18 Å². The Morgan fingerprint density at radius 1 is 1.05 bits per heavy atom. The van der Waals surface area contributed by atoms with Gasteiger partial charge in [0.2, 0.25) is 0 Å². The standard InChI is InChI=1S/C14H10F3IN2O/c15-14(16,17)10-2-1-3-12(8-10)19-20-13(21)9-4-6-11(18)7-5-9/h1-8,19H,(H,20,21). The van der Waals surface area contributed by atoms with Gasteiger partial charge in [-0.3, -0.25) is 15.6 Å². The summed E-state index contributed by atoms with van der Waals surface area (Å²) in [6.07, 6.45) is -4.42. The molecular weight excluding hydrogens is 396 g/mol. The first-order chi connectivity index (χ1) is 9.86. The summed E-state index contributed by atoms with van der Waals surface area (Å²) >= 11 is 2.11. The van der Waals surface area contributed by atoms with Crippen molar-refractivity contribution >= 4 is 34.2 Å².